The van der Waals surface area contributed by atoms with Gasteiger partial charge in [0, 0.05) is 12.3 Å². The molecule has 5 unspecified atom stereocenters. The second-order valence-electron chi connectivity index (χ2n) is 19.6. The van der Waals surface area contributed by atoms with Crippen molar-refractivity contribution >= 4 is 13.4 Å². The van der Waals surface area contributed by atoms with E-state index in [1.165, 1.54) is 89.9 Å². The largest absolute Gasteiger partial charge is 0.394 e. The lowest BCUT2D eigenvalue weighted by Crippen LogP contribution is -2.62. The number of hydrogen-bond acceptors (Lipinski definition) is 5. The summed E-state index contributed by atoms with van der Waals surface area (Å²) in [6, 6.07) is 0. The van der Waals surface area contributed by atoms with Crippen molar-refractivity contribution in [1.82, 2.24) is 0 Å². The predicted molar refractivity (Wildman–Crippen MR) is 217 cm³/mol. The van der Waals surface area contributed by atoms with Crippen LogP contribution in [0.4, 0.5) is 0 Å². The summed E-state index contributed by atoms with van der Waals surface area (Å²) < 4.78 is 13.8. The summed E-state index contributed by atoms with van der Waals surface area (Å²) in [4.78, 5) is 36.5. The van der Waals surface area contributed by atoms with Crippen molar-refractivity contribution in [3.63, 3.8) is 0 Å². The highest BCUT2D eigenvalue weighted by Gasteiger charge is 2.70. The van der Waals surface area contributed by atoms with Crippen LogP contribution in [0.1, 0.15) is 208 Å². The molecule has 7 nitrogen and oxygen atoms in total. The molecular weight excluding hydrogens is 683 g/mol. The average Bonchev–Trinajstić information content (AvgIpc) is 3.48. The zero-order valence-electron chi connectivity index (χ0n) is 34.8. The molecule has 0 spiro atoms. The molecule has 0 saturated heterocycles. The molecule has 4 aliphatic rings. The topological polar surface area (TPSA) is 135 Å². The Kier molecular flexibility index (Phi) is 17.1. The number of carbonyl (C=O) groups is 1. The van der Waals surface area contributed by atoms with Gasteiger partial charge in [0.1, 0.15) is 11.9 Å². The van der Waals surface area contributed by atoms with E-state index in [2.05, 4.69) is 34.6 Å². The lowest BCUT2D eigenvalue weighted by molar-refractivity contribution is -0.147. The number of Topliss-reactive ketones (excluding diaryl/α,β-unsaturated/α-hetero) is 1. The maximum atomic E-state index is 14.1. The van der Waals surface area contributed by atoms with Gasteiger partial charge in [-0.05, 0) is 105 Å². The lowest BCUT2D eigenvalue weighted by Gasteiger charge is -2.65. The fourth-order valence-electron chi connectivity index (χ4n) is 13.4. The van der Waals surface area contributed by atoms with Crippen LogP contribution in [0.5, 0.6) is 0 Å². The summed E-state index contributed by atoms with van der Waals surface area (Å²) in [5.74, 6) is 1.95. The Bertz CT molecular complexity index is 1170. The fraction of sp³-hybridized carbons (Fsp3) is 0.978. The van der Waals surface area contributed by atoms with Crippen molar-refractivity contribution in [2.45, 2.75) is 225 Å². The predicted octanol–water partition coefficient (Wildman–Crippen LogP) is 10.9. The monoisotopic (exact) mass is 767 g/mol. The quantitative estimate of drug-likeness (QED) is 0.0487. The molecule has 4 fully saturated rings. The van der Waals surface area contributed by atoms with Crippen LogP contribution in [0.2, 0.25) is 0 Å². The van der Waals surface area contributed by atoms with E-state index in [-0.39, 0.29) is 31.0 Å². The molecule has 0 radical (unpaired) electrons. The van der Waals surface area contributed by atoms with Crippen molar-refractivity contribution in [3.05, 3.63) is 0 Å². The summed E-state index contributed by atoms with van der Waals surface area (Å²) >= 11 is 0. The van der Waals surface area contributed by atoms with E-state index in [1.807, 2.05) is 0 Å². The molecule has 53 heavy (non-hydrogen) atoms. The minimum absolute atomic E-state index is 0.151. The standard InChI is InChI=1S/C45H83O7P/c1-6-8-9-10-11-12-13-14-15-16-17-18-19-20-27-44(49,41(48)33-46)32-40(47)35-24-29-43(5)39-26-28-42(4)37(34(3)21-7-2)22-23-38(42)36(39)25-30-45(43,31-35)53(50,51)52/h34-39,41,46,48-49H,6-33H2,1-5H3,(H2,50,51,52)/t34-,35?,36?,37-,38?,39?,41-,42-,43-,44+,45?/m1/s1. The van der Waals surface area contributed by atoms with Gasteiger partial charge in [0.05, 0.1) is 17.4 Å². The molecule has 4 saturated carbocycles. The van der Waals surface area contributed by atoms with Crippen molar-refractivity contribution in [2.75, 3.05) is 6.61 Å². The first-order chi connectivity index (χ1) is 25.1. The third kappa shape index (κ3) is 10.1. The van der Waals surface area contributed by atoms with E-state index < -0.39 is 42.4 Å². The summed E-state index contributed by atoms with van der Waals surface area (Å²) in [7, 11) is -4.61. The van der Waals surface area contributed by atoms with E-state index in [4.69, 9.17) is 0 Å². The Labute approximate surface area is 324 Å². The molecule has 0 amide bonds. The molecule has 0 aromatic heterocycles. The summed E-state index contributed by atoms with van der Waals surface area (Å²) in [5, 5.41) is 31.1. The maximum absolute atomic E-state index is 14.1. The average molecular weight is 767 g/mol. The van der Waals surface area contributed by atoms with Crippen molar-refractivity contribution in [1.29, 1.82) is 0 Å². The van der Waals surface area contributed by atoms with E-state index in [0.29, 0.717) is 48.9 Å². The SMILES string of the molecule is CCCCCCCCCCCCCCCC[C@](O)(CC(=O)C1CC[C@]2(C)C3CC[C@@]4(C)C(CC[C@@H]4[C@H](C)CCC)C3CCC2(P(=O)(O)O)C1)[C@H](O)CO. The van der Waals surface area contributed by atoms with Crippen LogP contribution >= 0.6 is 7.60 Å². The Balaban J connectivity index is 1.32. The summed E-state index contributed by atoms with van der Waals surface area (Å²) in [6.45, 7) is 11.0. The van der Waals surface area contributed by atoms with E-state index in [0.717, 1.165) is 44.4 Å². The van der Waals surface area contributed by atoms with Gasteiger partial charge in [-0.3, -0.25) is 9.36 Å². The van der Waals surface area contributed by atoms with Gasteiger partial charge >= 0.3 is 7.60 Å². The first kappa shape index (κ1) is 45.4. The van der Waals surface area contributed by atoms with Crippen LogP contribution in [0.25, 0.3) is 0 Å². The Morgan fingerprint density at radius 3 is 1.91 bits per heavy atom. The number of aliphatic hydroxyl groups excluding tert-OH is 2. The van der Waals surface area contributed by atoms with Gasteiger partial charge in [0.2, 0.25) is 0 Å². The molecule has 0 bridgehead atoms. The minimum atomic E-state index is -4.61. The molecule has 0 heterocycles. The van der Waals surface area contributed by atoms with Gasteiger partial charge in [-0.15, -0.1) is 0 Å². The molecule has 4 aliphatic carbocycles. The smallest absolute Gasteiger partial charge is 0.332 e. The summed E-state index contributed by atoms with van der Waals surface area (Å²) in [5.41, 5.74) is -1.99. The highest BCUT2D eigenvalue weighted by atomic mass is 31.2. The molecule has 0 aromatic rings. The second-order valence-corrected chi connectivity index (χ2v) is 21.6. The van der Waals surface area contributed by atoms with E-state index >= 15 is 0 Å². The van der Waals surface area contributed by atoms with Crippen LogP contribution in [0.3, 0.4) is 0 Å². The molecule has 8 heteroatoms. The first-order valence-electron chi connectivity index (χ1n) is 22.7. The van der Waals surface area contributed by atoms with E-state index in [1.54, 1.807) is 0 Å². The highest BCUT2D eigenvalue weighted by Crippen LogP contribution is 2.77. The summed E-state index contributed by atoms with van der Waals surface area (Å²) in [6.07, 6.45) is 25.1. The zero-order chi connectivity index (χ0) is 38.9. The normalized spacial score (nSPS) is 35.2. The fourth-order valence-corrected chi connectivity index (χ4v) is 15.2. The van der Waals surface area contributed by atoms with Gasteiger partial charge in [0.25, 0.3) is 0 Å². The van der Waals surface area contributed by atoms with Gasteiger partial charge < -0.3 is 25.1 Å². The molecule has 4 rings (SSSR count). The Morgan fingerprint density at radius 1 is 0.774 bits per heavy atom. The van der Waals surface area contributed by atoms with Gasteiger partial charge in [-0.2, -0.15) is 0 Å². The molecule has 310 valence electrons. The second kappa shape index (κ2) is 19.9. The number of unbranched alkanes of at least 4 members (excludes halogenated alkanes) is 13. The third-order valence-corrected chi connectivity index (χ3v) is 18.6. The Morgan fingerprint density at radius 2 is 1.36 bits per heavy atom. The first-order valence-corrected chi connectivity index (χ1v) is 24.3. The van der Waals surface area contributed by atoms with Crippen LogP contribution in [-0.4, -0.2) is 54.4 Å². The number of rotatable bonds is 24. The van der Waals surface area contributed by atoms with Crippen molar-refractivity contribution in [3.8, 4) is 0 Å². The number of hydrogen-bond donors (Lipinski definition) is 5. The molecule has 0 aromatic carbocycles. The van der Waals surface area contributed by atoms with Gasteiger partial charge in [-0.25, -0.2) is 0 Å². The third-order valence-electron chi connectivity index (χ3n) is 16.6. The van der Waals surface area contributed by atoms with Crippen molar-refractivity contribution < 1.29 is 34.5 Å². The van der Waals surface area contributed by atoms with Gasteiger partial charge in [0.15, 0.2) is 0 Å². The highest BCUT2D eigenvalue weighted by molar-refractivity contribution is 7.53. The lowest BCUT2D eigenvalue weighted by atomic mass is 9.43. The minimum Gasteiger partial charge on any atom is -0.394 e. The number of aliphatic hydroxyl groups is 3. The zero-order valence-corrected chi connectivity index (χ0v) is 35.7. The van der Waals surface area contributed by atoms with Crippen LogP contribution in [0.15, 0.2) is 0 Å². The van der Waals surface area contributed by atoms with Crippen LogP contribution < -0.4 is 0 Å². The van der Waals surface area contributed by atoms with E-state index in [9.17, 15) is 34.5 Å². The van der Waals surface area contributed by atoms with Crippen LogP contribution in [-0.2, 0) is 9.36 Å². The van der Waals surface area contributed by atoms with Crippen LogP contribution in [0, 0.1) is 46.3 Å². The number of ketones is 1. The number of carbonyl (C=O) groups excluding carboxylic acids is 1. The molecule has 0 aliphatic heterocycles. The number of fused-ring (bicyclic) bond motifs is 5. The van der Waals surface area contributed by atoms with Gasteiger partial charge in [-0.1, -0.05) is 137 Å². The van der Waals surface area contributed by atoms with Crippen molar-refractivity contribution in [2.24, 2.45) is 46.3 Å². The molecule has 11 atom stereocenters. The Hall–Kier alpha value is -0.300. The molecule has 5 N–H and O–H groups in total. The molecular formula is C45H83O7P. The maximum Gasteiger partial charge on any atom is 0.332 e.